The molecule has 0 aliphatic carbocycles. The smallest absolute Gasteiger partial charge is 0.289 e. The number of carbonyl (C=O) groups is 2. The number of halogens is 4. The minimum Gasteiger partial charge on any atom is -0.289 e. The van der Waals surface area contributed by atoms with Crippen LogP contribution >= 0.6 is 0 Å². The van der Waals surface area contributed by atoms with Gasteiger partial charge in [-0.2, -0.15) is 13.2 Å². The molecule has 0 aromatic heterocycles. The van der Waals surface area contributed by atoms with Crippen LogP contribution in [0.4, 0.5) is 17.6 Å². The highest BCUT2D eigenvalue weighted by molar-refractivity contribution is 6.11. The van der Waals surface area contributed by atoms with Crippen molar-refractivity contribution in [3.63, 3.8) is 0 Å². The summed E-state index contributed by atoms with van der Waals surface area (Å²) in [5.74, 6) is -1.24. The summed E-state index contributed by atoms with van der Waals surface area (Å²) in [6, 6.07) is 14.7. The van der Waals surface area contributed by atoms with Crippen LogP contribution in [0.2, 0.25) is 0 Å². The normalized spacial score (nSPS) is 11.3. The van der Waals surface area contributed by atoms with E-state index in [-0.39, 0.29) is 16.9 Å². The predicted molar refractivity (Wildman–Crippen MR) is 91.2 cm³/mol. The molecule has 0 saturated heterocycles. The van der Waals surface area contributed by atoms with Crippen LogP contribution in [0.25, 0.3) is 0 Å². The molecular formula is C21H12F4O2. The lowest BCUT2D eigenvalue weighted by molar-refractivity contribution is -0.137. The van der Waals surface area contributed by atoms with Crippen LogP contribution in [0.1, 0.15) is 37.4 Å². The van der Waals surface area contributed by atoms with Gasteiger partial charge in [-0.3, -0.25) is 9.59 Å². The van der Waals surface area contributed by atoms with E-state index in [1.807, 2.05) is 0 Å². The molecule has 0 spiro atoms. The number of alkyl halides is 3. The molecule has 0 aliphatic heterocycles. The maximum atomic E-state index is 12.9. The average molecular weight is 372 g/mol. The first-order valence-corrected chi connectivity index (χ1v) is 7.88. The van der Waals surface area contributed by atoms with Crippen molar-refractivity contribution >= 4 is 11.6 Å². The van der Waals surface area contributed by atoms with Gasteiger partial charge >= 0.3 is 6.18 Å². The van der Waals surface area contributed by atoms with Crippen LogP contribution in [0.5, 0.6) is 0 Å². The molecule has 0 unspecified atom stereocenters. The van der Waals surface area contributed by atoms with Crippen LogP contribution in [-0.2, 0) is 6.18 Å². The van der Waals surface area contributed by atoms with Crippen LogP contribution in [0.15, 0.2) is 72.8 Å². The molecule has 3 rings (SSSR count). The molecule has 27 heavy (non-hydrogen) atoms. The zero-order valence-electron chi connectivity index (χ0n) is 13.8. The molecule has 0 bridgehead atoms. The van der Waals surface area contributed by atoms with E-state index in [0.29, 0.717) is 11.1 Å². The van der Waals surface area contributed by atoms with E-state index in [4.69, 9.17) is 0 Å². The highest BCUT2D eigenvalue weighted by Gasteiger charge is 2.30. The molecule has 0 heterocycles. The molecule has 0 radical (unpaired) electrons. The summed E-state index contributed by atoms with van der Waals surface area (Å²) in [5.41, 5.74) is 0.133. The van der Waals surface area contributed by atoms with Crippen LogP contribution in [0.3, 0.4) is 0 Å². The minimum absolute atomic E-state index is 0.112. The summed E-state index contributed by atoms with van der Waals surface area (Å²) in [6.45, 7) is 0. The zero-order valence-corrected chi connectivity index (χ0v) is 13.8. The molecule has 0 atom stereocenters. The van der Waals surface area contributed by atoms with Crippen molar-refractivity contribution in [1.82, 2.24) is 0 Å². The molecule has 0 amide bonds. The Morgan fingerprint density at radius 1 is 0.556 bits per heavy atom. The van der Waals surface area contributed by atoms with Gasteiger partial charge in [-0.25, -0.2) is 4.39 Å². The van der Waals surface area contributed by atoms with Crippen molar-refractivity contribution in [2.45, 2.75) is 6.18 Å². The number of ketones is 2. The summed E-state index contributed by atoms with van der Waals surface area (Å²) in [5, 5.41) is 0. The number of hydrogen-bond donors (Lipinski definition) is 0. The fourth-order valence-corrected chi connectivity index (χ4v) is 2.52. The van der Waals surface area contributed by atoms with Crippen LogP contribution < -0.4 is 0 Å². The Hall–Kier alpha value is -3.28. The Kier molecular flexibility index (Phi) is 4.90. The fraction of sp³-hybridized carbons (Fsp3) is 0.0476. The summed E-state index contributed by atoms with van der Waals surface area (Å²) in [4.78, 5) is 24.7. The highest BCUT2D eigenvalue weighted by Crippen LogP contribution is 2.29. The molecule has 0 saturated carbocycles. The van der Waals surface area contributed by atoms with Crippen molar-refractivity contribution in [1.29, 1.82) is 0 Å². The summed E-state index contributed by atoms with van der Waals surface area (Å²) >= 11 is 0. The lowest BCUT2D eigenvalue weighted by Crippen LogP contribution is -2.07. The van der Waals surface area contributed by atoms with Gasteiger partial charge in [-0.15, -0.1) is 0 Å². The van der Waals surface area contributed by atoms with Crippen molar-refractivity contribution in [2.75, 3.05) is 0 Å². The van der Waals surface area contributed by atoms with Gasteiger partial charge in [0, 0.05) is 22.3 Å². The molecule has 0 aliphatic rings. The average Bonchev–Trinajstić information content (AvgIpc) is 2.67. The lowest BCUT2D eigenvalue weighted by Gasteiger charge is -2.08. The topological polar surface area (TPSA) is 34.1 Å². The molecule has 2 nitrogen and oxygen atoms in total. The van der Waals surface area contributed by atoms with Crippen molar-refractivity contribution in [2.24, 2.45) is 0 Å². The first-order chi connectivity index (χ1) is 12.8. The Morgan fingerprint density at radius 2 is 0.852 bits per heavy atom. The number of benzene rings is 3. The molecule has 0 fully saturated rings. The molecule has 0 N–H and O–H groups in total. The van der Waals surface area contributed by atoms with E-state index >= 15 is 0 Å². The zero-order chi connectivity index (χ0) is 19.6. The Bertz CT molecular complexity index is 971. The molecule has 6 heteroatoms. The van der Waals surface area contributed by atoms with Gasteiger partial charge in [0.1, 0.15) is 5.82 Å². The first kappa shape index (κ1) is 18.5. The third kappa shape index (κ3) is 4.11. The fourth-order valence-electron chi connectivity index (χ4n) is 2.52. The lowest BCUT2D eigenvalue weighted by atomic mass is 9.98. The van der Waals surface area contributed by atoms with Crippen LogP contribution in [-0.4, -0.2) is 11.6 Å². The van der Waals surface area contributed by atoms with E-state index in [1.165, 1.54) is 48.5 Å². The third-order valence-electron chi connectivity index (χ3n) is 3.99. The Labute approximate surface area is 152 Å². The van der Waals surface area contributed by atoms with E-state index in [0.717, 1.165) is 24.3 Å². The summed E-state index contributed by atoms with van der Waals surface area (Å²) < 4.78 is 50.7. The van der Waals surface area contributed by atoms with E-state index in [9.17, 15) is 27.2 Å². The number of carbonyl (C=O) groups excluding carboxylic acids is 2. The maximum absolute atomic E-state index is 12.9. The Morgan fingerprint density at radius 3 is 1.19 bits per heavy atom. The van der Waals surface area contributed by atoms with Crippen molar-refractivity contribution in [3.05, 3.63) is 106 Å². The Balaban J connectivity index is 1.79. The third-order valence-corrected chi connectivity index (χ3v) is 3.99. The SMILES string of the molecule is O=C(c1ccc(F)cc1)c1ccc(C(=O)c2ccc(C(F)(F)F)cc2)cc1. The van der Waals surface area contributed by atoms with E-state index in [2.05, 4.69) is 0 Å². The van der Waals surface area contributed by atoms with Gasteiger partial charge in [-0.05, 0) is 36.4 Å². The monoisotopic (exact) mass is 372 g/mol. The predicted octanol–water partition coefficient (Wildman–Crippen LogP) is 5.31. The second-order valence-electron chi connectivity index (χ2n) is 5.82. The van der Waals surface area contributed by atoms with Crippen LogP contribution in [0, 0.1) is 5.82 Å². The van der Waals surface area contributed by atoms with Gasteiger partial charge in [0.2, 0.25) is 0 Å². The second-order valence-corrected chi connectivity index (χ2v) is 5.82. The standard InChI is InChI=1S/C21H12F4O2/c22-18-11-7-16(8-12-18)20(27)14-3-1-13(2-4-14)19(26)15-5-9-17(10-6-15)21(23,24)25/h1-12H. The number of hydrogen-bond acceptors (Lipinski definition) is 2. The number of rotatable bonds is 4. The molecule has 3 aromatic carbocycles. The van der Waals surface area contributed by atoms with Gasteiger partial charge in [0.25, 0.3) is 0 Å². The molecular weight excluding hydrogens is 360 g/mol. The maximum Gasteiger partial charge on any atom is 0.416 e. The highest BCUT2D eigenvalue weighted by atomic mass is 19.4. The van der Waals surface area contributed by atoms with E-state index < -0.39 is 23.3 Å². The summed E-state index contributed by atoms with van der Waals surface area (Å²) in [7, 11) is 0. The minimum atomic E-state index is -4.47. The van der Waals surface area contributed by atoms with Gasteiger partial charge in [0.05, 0.1) is 5.56 Å². The molecule has 136 valence electrons. The molecule has 3 aromatic rings. The second kappa shape index (κ2) is 7.15. The quantitative estimate of drug-likeness (QED) is 0.460. The van der Waals surface area contributed by atoms with Crippen molar-refractivity contribution < 1.29 is 27.2 Å². The summed E-state index contributed by atoms with van der Waals surface area (Å²) in [6.07, 6.45) is -4.47. The van der Waals surface area contributed by atoms with Crippen molar-refractivity contribution in [3.8, 4) is 0 Å². The van der Waals surface area contributed by atoms with Gasteiger partial charge < -0.3 is 0 Å². The largest absolute Gasteiger partial charge is 0.416 e. The van der Waals surface area contributed by atoms with Gasteiger partial charge in [0.15, 0.2) is 11.6 Å². The van der Waals surface area contributed by atoms with Gasteiger partial charge in [-0.1, -0.05) is 36.4 Å². The van der Waals surface area contributed by atoms with E-state index in [1.54, 1.807) is 0 Å². The first-order valence-electron chi connectivity index (χ1n) is 7.88.